The number of piperazine rings is 1. The van der Waals surface area contributed by atoms with E-state index in [9.17, 15) is 4.79 Å². The van der Waals surface area contributed by atoms with Crippen LogP contribution < -0.4 is 10.1 Å². The Hall–Kier alpha value is -1.34. The van der Waals surface area contributed by atoms with E-state index in [-0.39, 0.29) is 24.9 Å². The number of nitrogens with zero attached hydrogens (tertiary/aromatic N) is 3. The van der Waals surface area contributed by atoms with Gasteiger partial charge in [0, 0.05) is 71.5 Å². The Bertz CT molecular complexity index is 578. The van der Waals surface area contributed by atoms with Crippen molar-refractivity contribution in [3.63, 3.8) is 0 Å². The lowest BCUT2D eigenvalue weighted by molar-refractivity contribution is -0.130. The molecule has 1 aromatic carbocycles. The summed E-state index contributed by atoms with van der Waals surface area (Å²) in [4.78, 5) is 18.4. The molecule has 0 aromatic heterocycles. The average Bonchev–Trinajstić information content (AvgIpc) is 3.10. The van der Waals surface area contributed by atoms with E-state index in [1.54, 1.807) is 19.0 Å². The number of amides is 1. The predicted octanol–water partition coefficient (Wildman–Crippen LogP) is 1.05. The summed E-state index contributed by atoms with van der Waals surface area (Å²) >= 11 is 0. The van der Waals surface area contributed by atoms with Gasteiger partial charge in [-0.25, -0.2) is 0 Å². The number of carbonyl (C=O) groups excluding carboxylic acids is 1. The molecular weight excluding hydrogens is 352 g/mol. The number of para-hydroxylation sites is 1. The van der Waals surface area contributed by atoms with Crippen molar-refractivity contribution in [1.82, 2.24) is 20.0 Å². The lowest BCUT2D eigenvalue weighted by Gasteiger charge is -2.32. The highest BCUT2D eigenvalue weighted by molar-refractivity contribution is 5.85. The molecule has 3 rings (SSSR count). The molecule has 0 bridgehead atoms. The van der Waals surface area contributed by atoms with Crippen molar-refractivity contribution in [2.45, 2.75) is 19.0 Å². The minimum Gasteiger partial charge on any atom is -0.483 e. The standard InChI is InChI=1S/C19H30N4O2.ClH/c1-21(2)19(24)15-25-18-6-4-3-5-16(18)13-22-10-7-17(14-22)23-11-8-20-9-12-23;/h3-6,17,20H,7-15H2,1-2H3;1H. The summed E-state index contributed by atoms with van der Waals surface area (Å²) in [6.07, 6.45) is 1.24. The van der Waals surface area contributed by atoms with Crippen LogP contribution >= 0.6 is 12.4 Å². The summed E-state index contributed by atoms with van der Waals surface area (Å²) in [6, 6.07) is 8.74. The van der Waals surface area contributed by atoms with Crippen molar-refractivity contribution in [3.05, 3.63) is 29.8 Å². The third kappa shape index (κ3) is 5.58. The monoisotopic (exact) mass is 382 g/mol. The van der Waals surface area contributed by atoms with Gasteiger partial charge in [-0.1, -0.05) is 18.2 Å². The molecule has 1 atom stereocenters. The normalized spacial score (nSPS) is 21.2. The Kier molecular flexibility index (Phi) is 8.15. The molecule has 2 aliphatic heterocycles. The molecular formula is C19H31ClN4O2. The lowest BCUT2D eigenvalue weighted by Crippen LogP contribution is -2.49. The van der Waals surface area contributed by atoms with Gasteiger partial charge in [-0.05, 0) is 12.5 Å². The number of hydrogen-bond acceptors (Lipinski definition) is 5. The van der Waals surface area contributed by atoms with E-state index in [2.05, 4.69) is 21.2 Å². The molecule has 0 aliphatic carbocycles. The number of benzene rings is 1. The minimum atomic E-state index is -0.0188. The molecule has 26 heavy (non-hydrogen) atoms. The number of halogens is 1. The number of nitrogens with one attached hydrogen (secondary N) is 1. The SMILES string of the molecule is CN(C)C(=O)COc1ccccc1CN1CCC(N2CCNCC2)C1.Cl. The van der Waals surface area contributed by atoms with Crippen LogP contribution in [0.15, 0.2) is 24.3 Å². The maximum absolute atomic E-state index is 11.8. The number of likely N-dealkylation sites (tertiary alicyclic amines) is 1. The molecule has 146 valence electrons. The molecule has 2 fully saturated rings. The zero-order valence-electron chi connectivity index (χ0n) is 15.8. The molecule has 1 amide bonds. The highest BCUT2D eigenvalue weighted by Crippen LogP contribution is 2.23. The first-order valence-electron chi connectivity index (χ1n) is 9.21. The van der Waals surface area contributed by atoms with E-state index in [4.69, 9.17) is 4.74 Å². The van der Waals surface area contributed by atoms with Gasteiger partial charge in [-0.15, -0.1) is 12.4 Å². The fraction of sp³-hybridized carbons (Fsp3) is 0.632. The summed E-state index contributed by atoms with van der Waals surface area (Å²) in [5.41, 5.74) is 1.16. The Labute approximate surface area is 162 Å². The molecule has 6 nitrogen and oxygen atoms in total. The van der Waals surface area contributed by atoms with Crippen molar-refractivity contribution in [1.29, 1.82) is 0 Å². The van der Waals surface area contributed by atoms with E-state index >= 15 is 0 Å². The first-order chi connectivity index (χ1) is 12.1. The second-order valence-electron chi connectivity index (χ2n) is 7.15. The fourth-order valence-corrected chi connectivity index (χ4v) is 3.59. The van der Waals surface area contributed by atoms with Crippen LogP contribution in [-0.4, -0.2) is 86.6 Å². The molecule has 2 saturated heterocycles. The average molecular weight is 383 g/mol. The van der Waals surface area contributed by atoms with Crippen molar-refractivity contribution >= 4 is 18.3 Å². The van der Waals surface area contributed by atoms with Gasteiger partial charge in [-0.3, -0.25) is 14.6 Å². The highest BCUT2D eigenvalue weighted by Gasteiger charge is 2.28. The lowest BCUT2D eigenvalue weighted by atomic mass is 10.2. The van der Waals surface area contributed by atoms with Crippen LogP contribution in [0.1, 0.15) is 12.0 Å². The van der Waals surface area contributed by atoms with E-state index in [0.29, 0.717) is 6.04 Å². The van der Waals surface area contributed by atoms with Crippen LogP contribution in [0.3, 0.4) is 0 Å². The van der Waals surface area contributed by atoms with Crippen molar-refractivity contribution < 1.29 is 9.53 Å². The number of carbonyl (C=O) groups is 1. The van der Waals surface area contributed by atoms with Crippen molar-refractivity contribution in [2.24, 2.45) is 0 Å². The summed E-state index contributed by atoms with van der Waals surface area (Å²) in [5, 5.41) is 3.42. The van der Waals surface area contributed by atoms with Gasteiger partial charge < -0.3 is 15.0 Å². The maximum atomic E-state index is 11.8. The number of likely N-dealkylation sites (N-methyl/N-ethyl adjacent to an activating group) is 1. The molecule has 2 aliphatic rings. The Morgan fingerprint density at radius 1 is 1.23 bits per heavy atom. The van der Waals surface area contributed by atoms with Crippen LogP contribution in [0.5, 0.6) is 5.75 Å². The Balaban J connectivity index is 0.00000243. The third-order valence-electron chi connectivity index (χ3n) is 5.13. The zero-order valence-corrected chi connectivity index (χ0v) is 16.6. The molecule has 0 radical (unpaired) electrons. The Morgan fingerprint density at radius 2 is 1.96 bits per heavy atom. The summed E-state index contributed by atoms with van der Waals surface area (Å²) in [5.74, 6) is 0.804. The molecule has 1 N–H and O–H groups in total. The van der Waals surface area contributed by atoms with E-state index in [1.807, 2.05) is 18.2 Å². The van der Waals surface area contributed by atoms with E-state index < -0.39 is 0 Å². The molecule has 7 heteroatoms. The minimum absolute atomic E-state index is 0. The van der Waals surface area contributed by atoms with Gasteiger partial charge in [0.25, 0.3) is 5.91 Å². The van der Waals surface area contributed by atoms with E-state index in [1.165, 1.54) is 6.42 Å². The molecule has 1 unspecified atom stereocenters. The Morgan fingerprint density at radius 3 is 2.69 bits per heavy atom. The van der Waals surface area contributed by atoms with Gasteiger partial charge >= 0.3 is 0 Å². The zero-order chi connectivity index (χ0) is 17.6. The van der Waals surface area contributed by atoms with Gasteiger partial charge in [0.15, 0.2) is 6.61 Å². The van der Waals surface area contributed by atoms with Gasteiger partial charge in [0.05, 0.1) is 0 Å². The maximum Gasteiger partial charge on any atom is 0.259 e. The topological polar surface area (TPSA) is 48.1 Å². The summed E-state index contributed by atoms with van der Waals surface area (Å²) in [6.45, 7) is 7.74. The summed E-state index contributed by atoms with van der Waals surface area (Å²) in [7, 11) is 3.50. The van der Waals surface area contributed by atoms with Gasteiger partial charge in [-0.2, -0.15) is 0 Å². The van der Waals surface area contributed by atoms with Crippen LogP contribution in [0.25, 0.3) is 0 Å². The fourth-order valence-electron chi connectivity index (χ4n) is 3.59. The molecule has 0 spiro atoms. The first kappa shape index (κ1) is 21.0. The second kappa shape index (κ2) is 10.1. The van der Waals surface area contributed by atoms with Crippen LogP contribution in [-0.2, 0) is 11.3 Å². The largest absolute Gasteiger partial charge is 0.483 e. The van der Waals surface area contributed by atoms with Crippen molar-refractivity contribution in [2.75, 3.05) is 60.0 Å². The molecule has 2 heterocycles. The predicted molar refractivity (Wildman–Crippen MR) is 106 cm³/mol. The van der Waals surface area contributed by atoms with Gasteiger partial charge in [0.2, 0.25) is 0 Å². The quantitative estimate of drug-likeness (QED) is 0.797. The van der Waals surface area contributed by atoms with Crippen LogP contribution in [0.4, 0.5) is 0 Å². The first-order valence-corrected chi connectivity index (χ1v) is 9.21. The number of rotatable bonds is 6. The smallest absolute Gasteiger partial charge is 0.259 e. The molecule has 1 aromatic rings. The number of ether oxygens (including phenoxy) is 1. The summed E-state index contributed by atoms with van der Waals surface area (Å²) < 4.78 is 5.78. The van der Waals surface area contributed by atoms with Gasteiger partial charge in [0.1, 0.15) is 5.75 Å². The van der Waals surface area contributed by atoms with Crippen LogP contribution in [0, 0.1) is 0 Å². The molecule has 0 saturated carbocycles. The van der Waals surface area contributed by atoms with E-state index in [0.717, 1.165) is 57.1 Å². The van der Waals surface area contributed by atoms with Crippen molar-refractivity contribution in [3.8, 4) is 5.75 Å². The van der Waals surface area contributed by atoms with Crippen LogP contribution in [0.2, 0.25) is 0 Å². The number of hydrogen-bond donors (Lipinski definition) is 1. The third-order valence-corrected chi connectivity index (χ3v) is 5.13. The second-order valence-corrected chi connectivity index (χ2v) is 7.15. The highest BCUT2D eigenvalue weighted by atomic mass is 35.5.